The van der Waals surface area contributed by atoms with Gasteiger partial charge in [0.2, 0.25) is 0 Å². The van der Waals surface area contributed by atoms with Crippen LogP contribution in [-0.4, -0.2) is 19.3 Å². The molecule has 0 aliphatic rings. The molecule has 19 heavy (non-hydrogen) atoms. The van der Waals surface area contributed by atoms with Crippen molar-refractivity contribution in [3.63, 3.8) is 0 Å². The third-order valence-corrected chi connectivity index (χ3v) is 4.51. The van der Waals surface area contributed by atoms with Crippen molar-refractivity contribution in [2.24, 2.45) is 0 Å². The molecule has 0 saturated heterocycles. The Kier molecular flexibility index (Phi) is 7.68. The van der Waals surface area contributed by atoms with Gasteiger partial charge in [-0.25, -0.2) is 0 Å². The van der Waals surface area contributed by atoms with Crippen LogP contribution in [-0.2, 0) is 11.1 Å². The van der Waals surface area contributed by atoms with Crippen molar-refractivity contribution in [1.29, 1.82) is 0 Å². The van der Waals surface area contributed by atoms with Gasteiger partial charge >= 0.3 is 40.1 Å². The number of hydrogen-bond donors (Lipinski definition) is 0. The second kappa shape index (κ2) is 7.31. The summed E-state index contributed by atoms with van der Waals surface area (Å²) < 4.78 is 72.2. The Morgan fingerprint density at radius 3 is 1.95 bits per heavy atom. The molecule has 0 aliphatic carbocycles. The van der Waals surface area contributed by atoms with Crippen LogP contribution >= 0.6 is 35.0 Å². The van der Waals surface area contributed by atoms with Gasteiger partial charge in [0, 0.05) is 11.1 Å². The van der Waals surface area contributed by atoms with Crippen LogP contribution in [0.2, 0.25) is 10.0 Å². The maximum absolute atomic E-state index is 13.2. The van der Waals surface area contributed by atoms with Crippen LogP contribution in [0.1, 0.15) is 0 Å². The van der Waals surface area contributed by atoms with E-state index in [0.29, 0.717) is 0 Å². The summed E-state index contributed by atoms with van der Waals surface area (Å²) in [6, 6.07) is 3.66. The first kappa shape index (κ1) is 20.0. The van der Waals surface area contributed by atoms with Gasteiger partial charge in [0.25, 0.3) is 0 Å². The predicted octanol–water partition coefficient (Wildman–Crippen LogP) is 1.15. The van der Waals surface area contributed by atoms with E-state index < -0.39 is 38.2 Å². The molecule has 0 amide bonds. The summed E-state index contributed by atoms with van der Waals surface area (Å²) >= 11 is 6.08. The molecule has 0 bridgehead atoms. The SMILES string of the molecule is O=S([O-])C(F)(F)C(F)(F)Sc1c(Cl)cccc1Cl.[Na+]. The molecule has 0 saturated carbocycles. The normalized spacial score (nSPS) is 13.8. The van der Waals surface area contributed by atoms with Crippen molar-refractivity contribution in [1.82, 2.24) is 0 Å². The number of thioether (sulfide) groups is 1. The smallest absolute Gasteiger partial charge is 0.768 e. The van der Waals surface area contributed by atoms with E-state index >= 15 is 0 Å². The Labute approximate surface area is 144 Å². The first-order chi connectivity index (χ1) is 8.09. The van der Waals surface area contributed by atoms with Gasteiger partial charge in [-0.2, -0.15) is 17.6 Å². The van der Waals surface area contributed by atoms with Gasteiger partial charge < -0.3 is 4.55 Å². The standard InChI is InChI=1S/C8H4Cl2F4O2S2.Na/c9-4-2-1-3-5(10)6(4)17-7(11,12)8(13,14)18(15)16;/h1-3H,(H,15,16);/q;+1/p-1. The van der Waals surface area contributed by atoms with Crippen LogP contribution in [0.15, 0.2) is 23.1 Å². The summed E-state index contributed by atoms with van der Waals surface area (Å²) in [6.07, 6.45) is 0. The fourth-order valence-corrected chi connectivity index (χ4v) is 2.72. The molecule has 0 spiro atoms. The van der Waals surface area contributed by atoms with E-state index in [-0.39, 0.29) is 39.6 Å². The van der Waals surface area contributed by atoms with Crippen LogP contribution in [0.4, 0.5) is 17.6 Å². The van der Waals surface area contributed by atoms with Crippen LogP contribution in [0.25, 0.3) is 0 Å². The molecule has 0 aromatic heterocycles. The Hall–Kier alpha value is 0.980. The first-order valence-electron chi connectivity index (χ1n) is 4.07. The van der Waals surface area contributed by atoms with Crippen molar-refractivity contribution >= 4 is 46.0 Å². The topological polar surface area (TPSA) is 40.1 Å². The summed E-state index contributed by atoms with van der Waals surface area (Å²) in [4.78, 5) is -0.518. The third-order valence-electron chi connectivity index (χ3n) is 1.70. The van der Waals surface area contributed by atoms with E-state index in [1.807, 2.05) is 0 Å². The first-order valence-corrected chi connectivity index (χ1v) is 6.72. The Bertz CT molecular complexity index is 470. The number of alkyl halides is 4. The summed E-state index contributed by atoms with van der Waals surface area (Å²) in [5, 5.41) is -10.7. The van der Waals surface area contributed by atoms with Crippen LogP contribution in [0, 0.1) is 0 Å². The molecule has 2 nitrogen and oxygen atoms in total. The molecule has 1 aromatic carbocycles. The molecule has 0 N–H and O–H groups in total. The quantitative estimate of drug-likeness (QED) is 0.348. The van der Waals surface area contributed by atoms with Gasteiger partial charge in [-0.3, -0.25) is 4.21 Å². The van der Waals surface area contributed by atoms with E-state index in [4.69, 9.17) is 23.2 Å². The minimum Gasteiger partial charge on any atom is -0.768 e. The largest absolute Gasteiger partial charge is 1.00 e. The average Bonchev–Trinajstić information content (AvgIpc) is 2.23. The zero-order valence-electron chi connectivity index (χ0n) is 9.13. The van der Waals surface area contributed by atoms with Crippen molar-refractivity contribution < 1.29 is 55.9 Å². The van der Waals surface area contributed by atoms with E-state index in [2.05, 4.69) is 0 Å². The summed E-state index contributed by atoms with van der Waals surface area (Å²) in [5.74, 6) is 0. The van der Waals surface area contributed by atoms with Gasteiger partial charge in [-0.1, -0.05) is 29.3 Å². The number of halogens is 6. The fraction of sp³-hybridized carbons (Fsp3) is 0.250. The molecule has 1 rings (SSSR count). The van der Waals surface area contributed by atoms with Crippen molar-refractivity contribution in [2.75, 3.05) is 0 Å². The van der Waals surface area contributed by atoms with Crippen LogP contribution in [0.5, 0.6) is 0 Å². The van der Waals surface area contributed by atoms with Gasteiger partial charge in [-0.15, -0.1) is 0 Å². The summed E-state index contributed by atoms with van der Waals surface area (Å²) in [7, 11) is 0. The maximum atomic E-state index is 13.2. The monoisotopic (exact) mass is 364 g/mol. The van der Waals surface area contributed by atoms with Gasteiger partial charge in [0.15, 0.2) is 0 Å². The molecule has 0 fully saturated rings. The van der Waals surface area contributed by atoms with Gasteiger partial charge in [-0.05, 0) is 23.9 Å². The fourth-order valence-electron chi connectivity index (χ4n) is 0.865. The summed E-state index contributed by atoms with van der Waals surface area (Å²) in [6.45, 7) is 0. The van der Waals surface area contributed by atoms with Crippen molar-refractivity contribution in [2.45, 2.75) is 15.4 Å². The van der Waals surface area contributed by atoms with Gasteiger partial charge in [0.1, 0.15) is 0 Å². The maximum Gasteiger partial charge on any atom is 1.00 e. The molecule has 1 aromatic rings. The molecular formula is C8H3Cl2F4NaO2S2. The minimum atomic E-state index is -5.24. The molecule has 0 heterocycles. The van der Waals surface area contributed by atoms with Crippen molar-refractivity contribution in [3.05, 3.63) is 28.2 Å². The molecule has 0 radical (unpaired) electrons. The Morgan fingerprint density at radius 1 is 1.16 bits per heavy atom. The van der Waals surface area contributed by atoms with E-state index in [0.717, 1.165) is 12.1 Å². The molecule has 0 aliphatic heterocycles. The average molecular weight is 365 g/mol. The molecule has 102 valence electrons. The van der Waals surface area contributed by atoms with Crippen LogP contribution < -0.4 is 29.6 Å². The zero-order chi connectivity index (χ0) is 14.1. The van der Waals surface area contributed by atoms with E-state index in [1.165, 1.54) is 6.07 Å². The molecule has 1 atom stereocenters. The Morgan fingerprint density at radius 2 is 1.58 bits per heavy atom. The summed E-state index contributed by atoms with van der Waals surface area (Å²) in [5.41, 5.74) is 0. The van der Waals surface area contributed by atoms with E-state index in [9.17, 15) is 26.3 Å². The van der Waals surface area contributed by atoms with E-state index in [1.54, 1.807) is 0 Å². The number of rotatable bonds is 4. The third kappa shape index (κ3) is 4.47. The zero-order valence-corrected chi connectivity index (χ0v) is 14.3. The minimum absolute atomic E-state index is 0. The number of benzene rings is 1. The second-order valence-corrected chi connectivity index (χ2v) is 5.84. The Balaban J connectivity index is 0.00000324. The number of hydrogen-bond acceptors (Lipinski definition) is 3. The molecular weight excluding hydrogens is 362 g/mol. The van der Waals surface area contributed by atoms with Crippen molar-refractivity contribution in [3.8, 4) is 0 Å². The second-order valence-electron chi connectivity index (χ2n) is 2.92. The van der Waals surface area contributed by atoms with Crippen LogP contribution in [0.3, 0.4) is 0 Å². The van der Waals surface area contributed by atoms with Gasteiger partial charge in [0.05, 0.1) is 14.9 Å². The molecule has 1 unspecified atom stereocenters. The molecule has 11 heteroatoms. The predicted molar refractivity (Wildman–Crippen MR) is 61.1 cm³/mol.